The predicted molar refractivity (Wildman–Crippen MR) is 108 cm³/mol. The Morgan fingerprint density at radius 3 is 2.56 bits per heavy atom. The summed E-state index contributed by atoms with van der Waals surface area (Å²) in [6.07, 6.45) is 4.27. The summed E-state index contributed by atoms with van der Waals surface area (Å²) in [4.78, 5) is 9.25. The molecule has 2 aromatic rings. The quantitative estimate of drug-likeness (QED) is 0.821. The lowest BCUT2D eigenvalue weighted by molar-refractivity contribution is 0.189. The summed E-state index contributed by atoms with van der Waals surface area (Å²) in [5.74, 6) is 1.02. The van der Waals surface area contributed by atoms with E-state index in [1.165, 1.54) is 12.8 Å². The Kier molecular flexibility index (Phi) is 5.91. The van der Waals surface area contributed by atoms with E-state index < -0.39 is 0 Å². The van der Waals surface area contributed by atoms with Crippen LogP contribution in [-0.2, 0) is 6.54 Å². The monoisotopic (exact) mass is 367 g/mol. The number of pyridine rings is 1. The largest absolute Gasteiger partial charge is 0.354 e. The smallest absolute Gasteiger partial charge is 0.129 e. The van der Waals surface area contributed by atoms with Crippen molar-refractivity contribution >= 4 is 5.82 Å². The predicted octanol–water partition coefficient (Wildman–Crippen LogP) is 1.13. The molecule has 0 spiro atoms. The summed E-state index contributed by atoms with van der Waals surface area (Å²) in [6.45, 7) is 7.05. The van der Waals surface area contributed by atoms with Gasteiger partial charge in [-0.1, -0.05) is 0 Å². The van der Waals surface area contributed by atoms with Crippen LogP contribution in [0.3, 0.4) is 0 Å². The number of hydrogen-bond acceptors (Lipinski definition) is 7. The number of piperidine rings is 1. The summed E-state index contributed by atoms with van der Waals surface area (Å²) in [5, 5.41) is 15.8. The molecule has 0 aliphatic carbocycles. The van der Waals surface area contributed by atoms with Gasteiger partial charge in [0.05, 0.1) is 11.4 Å². The van der Waals surface area contributed by atoms with Gasteiger partial charge in [0.1, 0.15) is 5.82 Å². The second-order valence-electron chi connectivity index (χ2n) is 7.45. The lowest BCUT2D eigenvalue weighted by Crippen LogP contribution is -2.43. The van der Waals surface area contributed by atoms with E-state index in [9.17, 15) is 0 Å². The van der Waals surface area contributed by atoms with Crippen LogP contribution in [0, 0.1) is 0 Å². The SMILES string of the molecule is CN(Cc1ccc(-c2ccnc(N3CCNCC3)c2)nn1)C1CCNCC1. The Balaban J connectivity index is 1.42. The molecule has 2 aliphatic rings. The highest BCUT2D eigenvalue weighted by atomic mass is 15.2. The maximum atomic E-state index is 4.54. The van der Waals surface area contributed by atoms with E-state index in [2.05, 4.69) is 60.9 Å². The van der Waals surface area contributed by atoms with Crippen LogP contribution >= 0.6 is 0 Å². The molecule has 0 atom stereocenters. The molecular weight excluding hydrogens is 338 g/mol. The molecule has 2 fully saturated rings. The normalized spacial score (nSPS) is 18.8. The molecule has 0 unspecified atom stereocenters. The summed E-state index contributed by atoms with van der Waals surface area (Å²) >= 11 is 0. The molecule has 2 saturated heterocycles. The highest BCUT2D eigenvalue weighted by Gasteiger charge is 2.18. The van der Waals surface area contributed by atoms with Crippen LogP contribution < -0.4 is 15.5 Å². The van der Waals surface area contributed by atoms with Crippen molar-refractivity contribution in [3.63, 3.8) is 0 Å². The van der Waals surface area contributed by atoms with Crippen LogP contribution in [0.5, 0.6) is 0 Å². The minimum absolute atomic E-state index is 0.634. The average molecular weight is 368 g/mol. The third kappa shape index (κ3) is 4.61. The zero-order valence-corrected chi connectivity index (χ0v) is 16.1. The van der Waals surface area contributed by atoms with Crippen molar-refractivity contribution in [1.29, 1.82) is 0 Å². The fraction of sp³-hybridized carbons (Fsp3) is 0.550. The molecule has 4 rings (SSSR count). The van der Waals surface area contributed by atoms with Gasteiger partial charge >= 0.3 is 0 Å². The van der Waals surface area contributed by atoms with Crippen molar-refractivity contribution in [1.82, 2.24) is 30.7 Å². The van der Waals surface area contributed by atoms with Crippen LogP contribution in [0.25, 0.3) is 11.3 Å². The van der Waals surface area contributed by atoms with Gasteiger partial charge in [-0.15, -0.1) is 0 Å². The first-order valence-electron chi connectivity index (χ1n) is 9.95. The average Bonchev–Trinajstić information content (AvgIpc) is 2.75. The number of nitrogens with one attached hydrogen (secondary N) is 2. The summed E-state index contributed by atoms with van der Waals surface area (Å²) in [5.41, 5.74) is 3.00. The Morgan fingerprint density at radius 2 is 1.81 bits per heavy atom. The fourth-order valence-electron chi connectivity index (χ4n) is 3.87. The molecule has 7 heteroatoms. The van der Waals surface area contributed by atoms with Crippen LogP contribution in [0.2, 0.25) is 0 Å². The lowest BCUT2D eigenvalue weighted by Gasteiger charge is -2.31. The molecule has 4 heterocycles. The first-order chi connectivity index (χ1) is 13.3. The Labute approximate surface area is 161 Å². The van der Waals surface area contributed by atoms with E-state index in [1.807, 2.05) is 12.3 Å². The highest BCUT2D eigenvalue weighted by molar-refractivity contribution is 5.62. The minimum atomic E-state index is 0.634. The van der Waals surface area contributed by atoms with Crippen LogP contribution in [-0.4, -0.2) is 72.4 Å². The van der Waals surface area contributed by atoms with Gasteiger partial charge in [-0.2, -0.15) is 10.2 Å². The van der Waals surface area contributed by atoms with Crippen molar-refractivity contribution < 1.29 is 0 Å². The molecule has 0 aromatic carbocycles. The van der Waals surface area contributed by atoms with Gasteiger partial charge in [0.25, 0.3) is 0 Å². The second-order valence-corrected chi connectivity index (χ2v) is 7.45. The van der Waals surface area contributed by atoms with Crippen molar-refractivity contribution in [3.8, 4) is 11.3 Å². The minimum Gasteiger partial charge on any atom is -0.354 e. The van der Waals surface area contributed by atoms with Crippen molar-refractivity contribution in [2.45, 2.75) is 25.4 Å². The van der Waals surface area contributed by atoms with E-state index in [4.69, 9.17) is 0 Å². The number of nitrogens with zero attached hydrogens (tertiary/aromatic N) is 5. The topological polar surface area (TPSA) is 69.2 Å². The Bertz CT molecular complexity index is 721. The Morgan fingerprint density at radius 1 is 1.04 bits per heavy atom. The molecule has 0 saturated carbocycles. The van der Waals surface area contributed by atoms with Crippen molar-refractivity contribution in [3.05, 3.63) is 36.2 Å². The van der Waals surface area contributed by atoms with E-state index in [0.29, 0.717) is 6.04 Å². The van der Waals surface area contributed by atoms with Gasteiger partial charge < -0.3 is 15.5 Å². The lowest BCUT2D eigenvalue weighted by atomic mass is 10.1. The number of piperazine rings is 1. The molecule has 7 nitrogen and oxygen atoms in total. The van der Waals surface area contributed by atoms with E-state index >= 15 is 0 Å². The molecule has 0 amide bonds. The molecule has 0 radical (unpaired) electrons. The zero-order chi connectivity index (χ0) is 18.5. The zero-order valence-electron chi connectivity index (χ0n) is 16.1. The second kappa shape index (κ2) is 8.73. The third-order valence-corrected chi connectivity index (χ3v) is 5.55. The van der Waals surface area contributed by atoms with Crippen LogP contribution in [0.4, 0.5) is 5.82 Å². The molecular formula is C20H29N7. The van der Waals surface area contributed by atoms with Gasteiger partial charge in [-0.25, -0.2) is 4.98 Å². The van der Waals surface area contributed by atoms with Gasteiger partial charge in [0, 0.05) is 50.5 Å². The first-order valence-corrected chi connectivity index (χ1v) is 9.95. The summed E-state index contributed by atoms with van der Waals surface area (Å²) < 4.78 is 0. The molecule has 2 N–H and O–H groups in total. The highest BCUT2D eigenvalue weighted by Crippen LogP contribution is 2.21. The Hall–Kier alpha value is -2.09. The van der Waals surface area contributed by atoms with E-state index in [0.717, 1.165) is 68.6 Å². The molecule has 2 aromatic heterocycles. The van der Waals surface area contributed by atoms with Crippen molar-refractivity contribution in [2.24, 2.45) is 0 Å². The maximum Gasteiger partial charge on any atom is 0.129 e. The summed E-state index contributed by atoms with van der Waals surface area (Å²) in [6, 6.07) is 8.95. The van der Waals surface area contributed by atoms with Gasteiger partial charge in [0.2, 0.25) is 0 Å². The number of hydrogen-bond donors (Lipinski definition) is 2. The molecule has 27 heavy (non-hydrogen) atoms. The van der Waals surface area contributed by atoms with Crippen LogP contribution in [0.1, 0.15) is 18.5 Å². The van der Waals surface area contributed by atoms with Gasteiger partial charge in [-0.05, 0) is 57.2 Å². The molecule has 0 bridgehead atoms. The van der Waals surface area contributed by atoms with E-state index in [-0.39, 0.29) is 0 Å². The van der Waals surface area contributed by atoms with Crippen LogP contribution in [0.15, 0.2) is 30.5 Å². The van der Waals surface area contributed by atoms with Gasteiger partial charge in [-0.3, -0.25) is 4.90 Å². The molecule has 2 aliphatic heterocycles. The summed E-state index contributed by atoms with van der Waals surface area (Å²) in [7, 11) is 2.19. The third-order valence-electron chi connectivity index (χ3n) is 5.55. The van der Waals surface area contributed by atoms with E-state index in [1.54, 1.807) is 0 Å². The standard InChI is InChI=1S/C20H29N7/c1-26(18-5-7-21-8-6-18)15-17-2-3-19(25-24-17)16-4-9-23-20(14-16)27-12-10-22-11-13-27/h2-4,9,14,18,21-22H,5-8,10-13,15H2,1H3. The number of aromatic nitrogens is 3. The number of anilines is 1. The van der Waals surface area contributed by atoms with Crippen molar-refractivity contribution in [2.75, 3.05) is 51.2 Å². The van der Waals surface area contributed by atoms with Gasteiger partial charge in [0.15, 0.2) is 0 Å². The number of rotatable bonds is 5. The first kappa shape index (κ1) is 18.3. The maximum absolute atomic E-state index is 4.54. The fourth-order valence-corrected chi connectivity index (χ4v) is 3.87. The molecule has 144 valence electrons.